The second kappa shape index (κ2) is 8.75. The van der Waals surface area contributed by atoms with Gasteiger partial charge in [-0.25, -0.2) is 13.2 Å². The van der Waals surface area contributed by atoms with Crippen LogP contribution >= 0.6 is 11.6 Å². The third-order valence-corrected chi connectivity index (χ3v) is 7.81. The molecule has 0 saturated carbocycles. The third-order valence-electron chi connectivity index (χ3n) is 5.77. The minimum atomic E-state index is -4.04. The van der Waals surface area contributed by atoms with Gasteiger partial charge >= 0.3 is 5.97 Å². The zero-order chi connectivity index (χ0) is 24.7. The average molecular weight is 511 g/mol. The maximum absolute atomic E-state index is 13.6. The molecule has 0 saturated heterocycles. The van der Waals surface area contributed by atoms with Crippen LogP contribution in [-0.4, -0.2) is 44.6 Å². The smallest absolute Gasteiger partial charge is 0.340 e. The lowest BCUT2D eigenvalue weighted by atomic mass is 10.2. The van der Waals surface area contributed by atoms with Crippen molar-refractivity contribution in [2.45, 2.75) is 11.0 Å². The molecule has 0 amide bonds. The monoisotopic (exact) mass is 510 g/mol. The number of carbonyl (C=O) groups excluding carboxylic acids is 2. The van der Waals surface area contributed by atoms with Crippen LogP contribution in [0.3, 0.4) is 0 Å². The standard InChI is InChI=1S/C25H19ClN2O6S/c1-33-25(30)19-14-27(20-7-3-2-6-18(19)20)24(29)23-15-28(21-8-4-5-9-22(21)34-23)35(31,32)17-12-10-16(26)11-13-17/h2-14,23H,15H2,1H3. The Hall–Kier alpha value is -3.82. The Morgan fingerprint density at radius 1 is 1.00 bits per heavy atom. The van der Waals surface area contributed by atoms with Crippen LogP contribution in [-0.2, 0) is 14.8 Å². The number of carbonyl (C=O) groups is 2. The number of fused-ring (bicyclic) bond motifs is 2. The van der Waals surface area contributed by atoms with E-state index in [1.54, 1.807) is 48.5 Å². The molecule has 10 heteroatoms. The first-order valence-electron chi connectivity index (χ1n) is 10.6. The lowest BCUT2D eigenvalue weighted by molar-refractivity contribution is 0.0602. The Morgan fingerprint density at radius 2 is 1.69 bits per heavy atom. The quantitative estimate of drug-likeness (QED) is 0.378. The number of hydrogen-bond donors (Lipinski definition) is 0. The van der Waals surface area contributed by atoms with Gasteiger partial charge < -0.3 is 9.47 Å². The molecule has 0 fully saturated rings. The Bertz CT molecular complexity index is 1560. The summed E-state index contributed by atoms with van der Waals surface area (Å²) in [5.41, 5.74) is 1.02. The molecular formula is C25H19ClN2O6S. The van der Waals surface area contributed by atoms with Crippen LogP contribution in [0.2, 0.25) is 5.02 Å². The van der Waals surface area contributed by atoms with E-state index in [1.165, 1.54) is 42.1 Å². The molecule has 1 aromatic heterocycles. The Labute approximate surface area is 206 Å². The van der Waals surface area contributed by atoms with Gasteiger partial charge in [-0.2, -0.15) is 0 Å². The number of halogens is 1. The van der Waals surface area contributed by atoms with E-state index >= 15 is 0 Å². The predicted molar refractivity (Wildman–Crippen MR) is 131 cm³/mol. The summed E-state index contributed by atoms with van der Waals surface area (Å²) in [6.45, 7) is -0.263. The normalized spacial score (nSPS) is 15.4. The number of ether oxygens (including phenoxy) is 2. The fourth-order valence-corrected chi connectivity index (χ4v) is 5.68. The minimum absolute atomic E-state index is 0.0317. The van der Waals surface area contributed by atoms with E-state index in [9.17, 15) is 18.0 Å². The fourth-order valence-electron chi connectivity index (χ4n) is 4.08. The van der Waals surface area contributed by atoms with Gasteiger partial charge in [-0.1, -0.05) is 41.9 Å². The first kappa shape index (κ1) is 22.9. The molecule has 5 rings (SSSR count). The molecule has 1 atom stereocenters. The van der Waals surface area contributed by atoms with Gasteiger partial charge in [-0.05, 0) is 42.5 Å². The molecule has 4 aromatic rings. The molecule has 35 heavy (non-hydrogen) atoms. The number of hydrogen-bond acceptors (Lipinski definition) is 6. The number of para-hydroxylation sites is 3. The number of esters is 1. The van der Waals surface area contributed by atoms with Gasteiger partial charge in [0.15, 0.2) is 6.10 Å². The molecule has 0 N–H and O–H groups in total. The van der Waals surface area contributed by atoms with Crippen molar-refractivity contribution in [3.8, 4) is 5.75 Å². The van der Waals surface area contributed by atoms with Crippen LogP contribution in [0.4, 0.5) is 5.69 Å². The zero-order valence-corrected chi connectivity index (χ0v) is 20.0. The number of methoxy groups -OCH3 is 1. The molecule has 178 valence electrons. The van der Waals surface area contributed by atoms with Gasteiger partial charge in [0.05, 0.1) is 35.3 Å². The Balaban J connectivity index is 1.58. The Morgan fingerprint density at radius 3 is 2.43 bits per heavy atom. The van der Waals surface area contributed by atoms with Crippen LogP contribution < -0.4 is 9.04 Å². The van der Waals surface area contributed by atoms with E-state index in [2.05, 4.69) is 0 Å². The van der Waals surface area contributed by atoms with Crippen molar-refractivity contribution in [2.24, 2.45) is 0 Å². The highest BCUT2D eigenvalue weighted by Crippen LogP contribution is 2.37. The van der Waals surface area contributed by atoms with Crippen molar-refractivity contribution in [3.05, 3.63) is 89.6 Å². The highest BCUT2D eigenvalue weighted by atomic mass is 35.5. The van der Waals surface area contributed by atoms with Gasteiger partial charge in [0.1, 0.15) is 5.75 Å². The van der Waals surface area contributed by atoms with E-state index in [4.69, 9.17) is 21.1 Å². The molecule has 0 radical (unpaired) electrons. The largest absolute Gasteiger partial charge is 0.476 e. The predicted octanol–water partition coefficient (Wildman–Crippen LogP) is 4.38. The molecule has 0 aliphatic carbocycles. The van der Waals surface area contributed by atoms with Gasteiger partial charge in [0.2, 0.25) is 0 Å². The molecule has 1 unspecified atom stereocenters. The third kappa shape index (κ3) is 3.92. The molecule has 8 nitrogen and oxygen atoms in total. The van der Waals surface area contributed by atoms with Crippen molar-refractivity contribution in [1.82, 2.24) is 4.57 Å². The summed E-state index contributed by atoms with van der Waals surface area (Å²) >= 11 is 5.93. The van der Waals surface area contributed by atoms with E-state index in [-0.39, 0.29) is 22.8 Å². The van der Waals surface area contributed by atoms with Crippen LogP contribution in [0.25, 0.3) is 10.9 Å². The number of rotatable bonds is 4. The summed E-state index contributed by atoms with van der Waals surface area (Å²) < 4.78 is 40.4. The van der Waals surface area contributed by atoms with Crippen molar-refractivity contribution >= 4 is 50.1 Å². The summed E-state index contributed by atoms with van der Waals surface area (Å²) in [7, 11) is -2.78. The van der Waals surface area contributed by atoms with Crippen molar-refractivity contribution in [3.63, 3.8) is 0 Å². The summed E-state index contributed by atoms with van der Waals surface area (Å²) in [6.07, 6.45) is 0.217. The SMILES string of the molecule is COC(=O)c1cn(C(=O)C2CN(S(=O)(=O)c3ccc(Cl)cc3)c3ccccc3O2)c2ccccc12. The summed E-state index contributed by atoms with van der Waals surface area (Å²) in [6, 6.07) is 19.3. The molecule has 1 aliphatic heterocycles. The van der Waals surface area contributed by atoms with Gasteiger partial charge in [0.25, 0.3) is 15.9 Å². The van der Waals surface area contributed by atoms with Gasteiger partial charge in [-0.15, -0.1) is 0 Å². The number of sulfonamides is 1. The first-order valence-corrected chi connectivity index (χ1v) is 12.4. The lowest BCUT2D eigenvalue weighted by Crippen LogP contribution is -2.48. The molecule has 1 aliphatic rings. The first-order chi connectivity index (χ1) is 16.8. The van der Waals surface area contributed by atoms with Gasteiger partial charge in [-0.3, -0.25) is 13.7 Å². The molecule has 3 aromatic carbocycles. The van der Waals surface area contributed by atoms with E-state index in [0.29, 0.717) is 21.6 Å². The van der Waals surface area contributed by atoms with Gasteiger partial charge in [0, 0.05) is 16.6 Å². The minimum Gasteiger partial charge on any atom is -0.476 e. The molecule has 2 heterocycles. The maximum atomic E-state index is 13.6. The van der Waals surface area contributed by atoms with Crippen LogP contribution in [0.15, 0.2) is 83.9 Å². The number of nitrogens with zero attached hydrogens (tertiary/aromatic N) is 2. The molecular weight excluding hydrogens is 492 g/mol. The van der Waals surface area contributed by atoms with E-state index < -0.39 is 28.0 Å². The van der Waals surface area contributed by atoms with E-state index in [0.717, 1.165) is 4.31 Å². The highest BCUT2D eigenvalue weighted by molar-refractivity contribution is 7.92. The number of aromatic nitrogens is 1. The van der Waals surface area contributed by atoms with Crippen LogP contribution in [0.5, 0.6) is 5.75 Å². The summed E-state index contributed by atoms with van der Waals surface area (Å²) in [4.78, 5) is 26.0. The highest BCUT2D eigenvalue weighted by Gasteiger charge is 2.38. The fraction of sp³-hybridized carbons (Fsp3) is 0.120. The van der Waals surface area contributed by atoms with Crippen molar-refractivity contribution in [2.75, 3.05) is 18.0 Å². The number of benzene rings is 3. The molecule has 0 bridgehead atoms. The zero-order valence-electron chi connectivity index (χ0n) is 18.4. The lowest BCUT2D eigenvalue weighted by Gasteiger charge is -2.34. The topological polar surface area (TPSA) is 94.9 Å². The summed E-state index contributed by atoms with van der Waals surface area (Å²) in [5.74, 6) is -0.865. The summed E-state index contributed by atoms with van der Waals surface area (Å²) in [5, 5.41) is 0.940. The Kier molecular flexibility index (Phi) is 5.74. The maximum Gasteiger partial charge on any atom is 0.340 e. The van der Waals surface area contributed by atoms with Crippen molar-refractivity contribution in [1.29, 1.82) is 0 Å². The second-order valence-electron chi connectivity index (χ2n) is 7.82. The number of anilines is 1. The average Bonchev–Trinajstić information content (AvgIpc) is 3.27. The van der Waals surface area contributed by atoms with Crippen LogP contribution in [0.1, 0.15) is 15.2 Å². The van der Waals surface area contributed by atoms with Crippen LogP contribution in [0, 0.1) is 0 Å². The van der Waals surface area contributed by atoms with E-state index in [1.807, 2.05) is 0 Å². The second-order valence-corrected chi connectivity index (χ2v) is 10.1. The molecule has 0 spiro atoms. The van der Waals surface area contributed by atoms with Crippen molar-refractivity contribution < 1.29 is 27.5 Å².